The number of carbonyl (C=O) groups is 1. The van der Waals surface area contributed by atoms with Gasteiger partial charge in [-0.2, -0.15) is 0 Å². The molecule has 174 valence electrons. The number of hydrogen-bond acceptors (Lipinski definition) is 1. The smallest absolute Gasteiger partial charge is 0.138 e. The molecule has 0 spiro atoms. The summed E-state index contributed by atoms with van der Waals surface area (Å²) in [6.07, 6.45) is 14.8. The van der Waals surface area contributed by atoms with Crippen molar-refractivity contribution in [2.24, 2.45) is 39.4 Å². The fourth-order valence-electron chi connectivity index (χ4n) is 9.28. The van der Waals surface area contributed by atoms with E-state index in [1.54, 1.807) is 0 Å². The maximum absolute atomic E-state index is 12.8. The second-order valence-electron chi connectivity index (χ2n) is 13.3. The summed E-state index contributed by atoms with van der Waals surface area (Å²) < 4.78 is 0. The van der Waals surface area contributed by atoms with Gasteiger partial charge in [0.05, 0.1) is 0 Å². The van der Waals surface area contributed by atoms with Crippen molar-refractivity contribution in [1.82, 2.24) is 0 Å². The molecule has 31 heavy (non-hydrogen) atoms. The predicted molar refractivity (Wildman–Crippen MR) is 132 cm³/mol. The summed E-state index contributed by atoms with van der Waals surface area (Å²) in [5, 5.41) is 0. The summed E-state index contributed by atoms with van der Waals surface area (Å²) in [6, 6.07) is 0. The number of carbonyl (C=O) groups excluding carboxylic acids is 1. The van der Waals surface area contributed by atoms with Crippen LogP contribution in [0.2, 0.25) is 0 Å². The van der Waals surface area contributed by atoms with Gasteiger partial charge in [0.1, 0.15) is 5.78 Å². The zero-order valence-electron chi connectivity index (χ0n) is 21.8. The zero-order valence-corrected chi connectivity index (χ0v) is 21.8. The lowest BCUT2D eigenvalue weighted by atomic mass is 9.43. The fraction of sp³-hybridized carbons (Fsp3) is 0.833. The normalized spacial score (nSPS) is 42.5. The van der Waals surface area contributed by atoms with E-state index in [1.165, 1.54) is 56.9 Å². The van der Waals surface area contributed by atoms with Crippen LogP contribution in [0.4, 0.5) is 0 Å². The van der Waals surface area contributed by atoms with E-state index in [1.807, 2.05) is 11.1 Å². The van der Waals surface area contributed by atoms with Crippen LogP contribution in [0.1, 0.15) is 120 Å². The summed E-state index contributed by atoms with van der Waals surface area (Å²) in [5.41, 5.74) is 6.04. The molecule has 0 radical (unpaired) electrons. The third-order valence-electron chi connectivity index (χ3n) is 11.4. The van der Waals surface area contributed by atoms with Crippen LogP contribution in [0.15, 0.2) is 22.8 Å². The average Bonchev–Trinajstić information content (AvgIpc) is 2.96. The van der Waals surface area contributed by atoms with Gasteiger partial charge >= 0.3 is 0 Å². The third kappa shape index (κ3) is 3.26. The van der Waals surface area contributed by atoms with Crippen molar-refractivity contribution >= 4 is 5.78 Å². The van der Waals surface area contributed by atoms with Gasteiger partial charge in [-0.25, -0.2) is 0 Å². The van der Waals surface area contributed by atoms with Gasteiger partial charge in [0, 0.05) is 11.8 Å². The highest BCUT2D eigenvalue weighted by atomic mass is 16.1. The quantitative estimate of drug-likeness (QED) is 0.412. The van der Waals surface area contributed by atoms with Crippen molar-refractivity contribution < 1.29 is 4.79 Å². The van der Waals surface area contributed by atoms with Crippen molar-refractivity contribution in [3.63, 3.8) is 0 Å². The van der Waals surface area contributed by atoms with Crippen LogP contribution < -0.4 is 0 Å². The number of ketones is 1. The van der Waals surface area contributed by atoms with Gasteiger partial charge in [-0.05, 0) is 106 Å². The topological polar surface area (TPSA) is 17.1 Å². The molecular formula is C30H48O. The Kier molecular flexibility index (Phi) is 5.71. The molecule has 4 rings (SSSR count). The van der Waals surface area contributed by atoms with Gasteiger partial charge in [-0.1, -0.05) is 64.3 Å². The first-order chi connectivity index (χ1) is 14.4. The van der Waals surface area contributed by atoms with Crippen molar-refractivity contribution in [3.8, 4) is 0 Å². The molecule has 4 aliphatic carbocycles. The summed E-state index contributed by atoms with van der Waals surface area (Å²) >= 11 is 0. The van der Waals surface area contributed by atoms with Crippen LogP contribution in [0.5, 0.6) is 0 Å². The van der Waals surface area contributed by atoms with Crippen LogP contribution in [0.3, 0.4) is 0 Å². The highest BCUT2D eigenvalue weighted by Crippen LogP contribution is 2.72. The molecule has 0 aromatic carbocycles. The molecule has 0 saturated heterocycles. The number of allylic oxidation sites excluding steroid dienone is 4. The third-order valence-corrected chi connectivity index (χ3v) is 11.4. The standard InChI is InChI=1S/C30H48O/c1-20(2)10-9-11-21(3)22-14-18-30(8)24-12-13-25-27(4,5)26(31)16-17-28(25,6)23(24)15-19-29(22,30)7/h10,21-22,25H,9,11-19H2,1-8H3/t21-,22-,25?,28-,29+,30+/m1/s1. The number of Topliss-reactive ketones (excluding diaryl/α,β-unsaturated/α-hetero) is 1. The molecule has 0 N–H and O–H groups in total. The first kappa shape index (κ1) is 23.3. The summed E-state index contributed by atoms with van der Waals surface area (Å²) in [7, 11) is 0. The van der Waals surface area contributed by atoms with E-state index in [0.29, 0.717) is 22.5 Å². The minimum absolute atomic E-state index is 0.148. The van der Waals surface area contributed by atoms with Crippen LogP contribution in [0.25, 0.3) is 0 Å². The Balaban J connectivity index is 1.66. The van der Waals surface area contributed by atoms with E-state index in [9.17, 15) is 4.79 Å². The Hall–Kier alpha value is -0.850. The van der Waals surface area contributed by atoms with Gasteiger partial charge < -0.3 is 0 Å². The van der Waals surface area contributed by atoms with E-state index < -0.39 is 0 Å². The molecule has 0 aromatic rings. The maximum atomic E-state index is 12.8. The Morgan fingerprint density at radius 1 is 0.968 bits per heavy atom. The van der Waals surface area contributed by atoms with Crippen LogP contribution >= 0.6 is 0 Å². The van der Waals surface area contributed by atoms with Crippen LogP contribution in [0, 0.1) is 39.4 Å². The Morgan fingerprint density at radius 2 is 1.68 bits per heavy atom. The van der Waals surface area contributed by atoms with Gasteiger partial charge in [-0.3, -0.25) is 4.79 Å². The minimum atomic E-state index is -0.148. The van der Waals surface area contributed by atoms with E-state index in [4.69, 9.17) is 0 Å². The molecule has 0 aromatic heterocycles. The van der Waals surface area contributed by atoms with Gasteiger partial charge in [0.2, 0.25) is 0 Å². The monoisotopic (exact) mass is 424 g/mol. The van der Waals surface area contributed by atoms with Crippen molar-refractivity contribution in [2.75, 3.05) is 0 Å². The molecule has 1 unspecified atom stereocenters. The zero-order chi connectivity index (χ0) is 22.8. The molecule has 0 heterocycles. The lowest BCUT2D eigenvalue weighted by Crippen LogP contribution is -2.53. The maximum Gasteiger partial charge on any atom is 0.138 e. The lowest BCUT2D eigenvalue weighted by molar-refractivity contribution is -0.139. The molecule has 2 saturated carbocycles. The molecule has 1 nitrogen and oxygen atoms in total. The van der Waals surface area contributed by atoms with Gasteiger partial charge in [-0.15, -0.1) is 0 Å². The number of hydrogen-bond donors (Lipinski definition) is 0. The molecule has 0 amide bonds. The molecule has 0 bridgehead atoms. The van der Waals surface area contributed by atoms with E-state index in [0.717, 1.165) is 24.7 Å². The fourth-order valence-corrected chi connectivity index (χ4v) is 9.28. The Bertz CT molecular complexity index is 808. The lowest BCUT2D eigenvalue weighted by Gasteiger charge is -2.61. The molecule has 0 aliphatic heterocycles. The molecular weight excluding hydrogens is 376 g/mol. The Labute approximate surface area is 192 Å². The highest BCUT2D eigenvalue weighted by molar-refractivity contribution is 5.85. The second kappa shape index (κ2) is 7.59. The SMILES string of the molecule is CC(C)=CCC[C@@H](C)[C@H]1CC[C@@]2(C)C3=C(CC[C@@]12C)[C@@]1(C)CCC(=O)C(C)(C)C1CC3. The minimum Gasteiger partial charge on any atom is -0.299 e. The summed E-state index contributed by atoms with van der Waals surface area (Å²) in [5.74, 6) is 2.71. The van der Waals surface area contributed by atoms with Crippen molar-refractivity contribution in [3.05, 3.63) is 22.8 Å². The predicted octanol–water partition coefficient (Wildman–Crippen LogP) is 8.69. The average molecular weight is 425 g/mol. The molecule has 6 atom stereocenters. The van der Waals surface area contributed by atoms with Crippen LogP contribution in [-0.4, -0.2) is 5.78 Å². The number of fused-ring (bicyclic) bond motifs is 4. The molecule has 2 fully saturated rings. The Morgan fingerprint density at radius 3 is 2.35 bits per heavy atom. The second-order valence-corrected chi connectivity index (χ2v) is 13.3. The first-order valence-electron chi connectivity index (χ1n) is 13.3. The largest absolute Gasteiger partial charge is 0.299 e. The summed E-state index contributed by atoms with van der Waals surface area (Å²) in [4.78, 5) is 12.8. The number of rotatable bonds is 4. The van der Waals surface area contributed by atoms with Crippen molar-refractivity contribution in [1.29, 1.82) is 0 Å². The summed E-state index contributed by atoms with van der Waals surface area (Å²) in [6.45, 7) is 19.3. The van der Waals surface area contributed by atoms with Crippen molar-refractivity contribution in [2.45, 2.75) is 120 Å². The van der Waals surface area contributed by atoms with Gasteiger partial charge in [0.15, 0.2) is 0 Å². The van der Waals surface area contributed by atoms with Gasteiger partial charge in [0.25, 0.3) is 0 Å². The molecule has 4 aliphatic rings. The van der Waals surface area contributed by atoms with E-state index in [2.05, 4.69) is 61.5 Å². The molecule has 1 heteroatoms. The highest BCUT2D eigenvalue weighted by Gasteiger charge is 2.63. The van der Waals surface area contributed by atoms with Crippen LogP contribution in [-0.2, 0) is 4.79 Å². The van der Waals surface area contributed by atoms with E-state index >= 15 is 0 Å². The first-order valence-corrected chi connectivity index (χ1v) is 13.3. The van der Waals surface area contributed by atoms with E-state index in [-0.39, 0.29) is 10.8 Å².